The third kappa shape index (κ3) is 5.11. The van der Waals surface area contributed by atoms with Gasteiger partial charge in [-0.2, -0.15) is 5.26 Å². The molecular formula is C21H25NO2. The molecule has 0 spiro atoms. The SMILES string of the molecule is CC(C)[C@@](O)(CC#N)CCc1ccc(OCc2ccccc2)cc1. The molecule has 0 aliphatic rings. The first-order valence-corrected chi connectivity index (χ1v) is 8.38. The molecule has 0 aliphatic carbocycles. The first-order chi connectivity index (χ1) is 11.5. The molecule has 3 nitrogen and oxygen atoms in total. The second-order valence-corrected chi connectivity index (χ2v) is 6.51. The molecular weight excluding hydrogens is 298 g/mol. The van der Waals surface area contributed by atoms with E-state index in [0.717, 1.165) is 23.3 Å². The van der Waals surface area contributed by atoms with Crippen molar-refractivity contribution in [3.05, 3.63) is 65.7 Å². The van der Waals surface area contributed by atoms with E-state index < -0.39 is 5.60 Å². The van der Waals surface area contributed by atoms with Crippen LogP contribution in [0.25, 0.3) is 0 Å². The molecule has 0 aliphatic heterocycles. The Kier molecular flexibility index (Phi) is 6.40. The maximum absolute atomic E-state index is 10.6. The number of ether oxygens (including phenoxy) is 1. The van der Waals surface area contributed by atoms with Gasteiger partial charge >= 0.3 is 0 Å². The Labute approximate surface area is 144 Å². The van der Waals surface area contributed by atoms with Gasteiger partial charge in [-0.3, -0.25) is 0 Å². The largest absolute Gasteiger partial charge is 0.489 e. The van der Waals surface area contributed by atoms with E-state index in [-0.39, 0.29) is 12.3 Å². The highest BCUT2D eigenvalue weighted by Crippen LogP contribution is 2.27. The molecule has 126 valence electrons. The minimum atomic E-state index is -0.919. The molecule has 0 saturated carbocycles. The number of benzene rings is 2. The van der Waals surface area contributed by atoms with Crippen molar-refractivity contribution in [2.24, 2.45) is 5.92 Å². The first kappa shape index (κ1) is 18.0. The number of aryl methyl sites for hydroxylation is 1. The number of rotatable bonds is 8. The highest BCUT2D eigenvalue weighted by Gasteiger charge is 2.30. The van der Waals surface area contributed by atoms with Gasteiger partial charge in [0.25, 0.3) is 0 Å². The smallest absolute Gasteiger partial charge is 0.119 e. The van der Waals surface area contributed by atoms with E-state index in [0.29, 0.717) is 13.0 Å². The summed E-state index contributed by atoms with van der Waals surface area (Å²) in [5, 5.41) is 19.5. The third-order valence-electron chi connectivity index (χ3n) is 4.48. The van der Waals surface area contributed by atoms with E-state index in [1.807, 2.05) is 68.4 Å². The van der Waals surface area contributed by atoms with Crippen LogP contribution >= 0.6 is 0 Å². The van der Waals surface area contributed by atoms with Gasteiger partial charge in [0.2, 0.25) is 0 Å². The lowest BCUT2D eigenvalue weighted by Crippen LogP contribution is -2.35. The molecule has 24 heavy (non-hydrogen) atoms. The summed E-state index contributed by atoms with van der Waals surface area (Å²) in [5.41, 5.74) is 1.36. The maximum atomic E-state index is 10.6. The monoisotopic (exact) mass is 323 g/mol. The Bertz CT molecular complexity index is 658. The second-order valence-electron chi connectivity index (χ2n) is 6.51. The van der Waals surface area contributed by atoms with Gasteiger partial charge in [-0.15, -0.1) is 0 Å². The topological polar surface area (TPSA) is 53.2 Å². The average molecular weight is 323 g/mol. The van der Waals surface area contributed by atoms with Crippen LogP contribution in [-0.4, -0.2) is 10.7 Å². The molecule has 2 aromatic rings. The predicted octanol–water partition coefficient (Wildman–Crippen LogP) is 4.50. The fraction of sp³-hybridized carbons (Fsp3) is 0.381. The zero-order chi connectivity index (χ0) is 17.4. The van der Waals surface area contributed by atoms with E-state index in [1.54, 1.807) is 0 Å². The van der Waals surface area contributed by atoms with E-state index in [4.69, 9.17) is 10.00 Å². The molecule has 0 saturated heterocycles. The minimum absolute atomic E-state index is 0.0608. The van der Waals surface area contributed by atoms with Gasteiger partial charge in [0.15, 0.2) is 0 Å². The molecule has 0 fully saturated rings. The first-order valence-electron chi connectivity index (χ1n) is 8.38. The molecule has 0 amide bonds. The van der Waals surface area contributed by atoms with Gasteiger partial charge in [-0.25, -0.2) is 0 Å². The van der Waals surface area contributed by atoms with Crippen LogP contribution < -0.4 is 4.74 Å². The van der Waals surface area contributed by atoms with Crippen LogP contribution in [0.3, 0.4) is 0 Å². The Hall–Kier alpha value is -2.31. The average Bonchev–Trinajstić information content (AvgIpc) is 2.60. The molecule has 0 heterocycles. The summed E-state index contributed by atoms with van der Waals surface area (Å²) in [6, 6.07) is 20.1. The van der Waals surface area contributed by atoms with Crippen LogP contribution in [0.1, 0.15) is 37.8 Å². The van der Waals surface area contributed by atoms with Crippen LogP contribution in [0, 0.1) is 17.2 Å². The molecule has 3 heteroatoms. The van der Waals surface area contributed by atoms with Gasteiger partial charge in [0.1, 0.15) is 12.4 Å². The zero-order valence-corrected chi connectivity index (χ0v) is 14.4. The lowest BCUT2D eigenvalue weighted by atomic mass is 9.82. The van der Waals surface area contributed by atoms with E-state index in [2.05, 4.69) is 6.07 Å². The second kappa shape index (κ2) is 8.52. The standard InChI is InChI=1S/C21H25NO2/c1-17(2)21(23,14-15-22)13-12-18-8-10-20(11-9-18)24-16-19-6-4-3-5-7-19/h3-11,17,23H,12-14,16H2,1-2H3/t21-/m0/s1. The fourth-order valence-corrected chi connectivity index (χ4v) is 2.57. The van der Waals surface area contributed by atoms with Crippen LogP contribution in [-0.2, 0) is 13.0 Å². The number of hydrogen-bond acceptors (Lipinski definition) is 3. The van der Waals surface area contributed by atoms with Crippen LogP contribution in [0.5, 0.6) is 5.75 Å². The highest BCUT2D eigenvalue weighted by atomic mass is 16.5. The van der Waals surface area contributed by atoms with E-state index in [9.17, 15) is 5.11 Å². The fourth-order valence-electron chi connectivity index (χ4n) is 2.57. The minimum Gasteiger partial charge on any atom is -0.489 e. The van der Waals surface area contributed by atoms with Crippen molar-refractivity contribution >= 4 is 0 Å². The molecule has 0 radical (unpaired) electrons. The molecule has 0 aromatic heterocycles. The quantitative estimate of drug-likeness (QED) is 0.778. The maximum Gasteiger partial charge on any atom is 0.119 e. The summed E-state index contributed by atoms with van der Waals surface area (Å²) in [7, 11) is 0. The number of aliphatic hydroxyl groups is 1. The van der Waals surface area contributed by atoms with Crippen LogP contribution in [0.4, 0.5) is 0 Å². The van der Waals surface area contributed by atoms with E-state index in [1.165, 1.54) is 0 Å². The lowest BCUT2D eigenvalue weighted by Gasteiger charge is -2.29. The lowest BCUT2D eigenvalue weighted by molar-refractivity contribution is -0.00834. The van der Waals surface area contributed by atoms with Crippen molar-refractivity contribution in [3.8, 4) is 11.8 Å². The van der Waals surface area contributed by atoms with Crippen molar-refractivity contribution < 1.29 is 9.84 Å². The highest BCUT2D eigenvalue weighted by molar-refractivity contribution is 5.28. The van der Waals surface area contributed by atoms with Gasteiger partial charge in [-0.1, -0.05) is 56.3 Å². The number of nitriles is 1. The van der Waals surface area contributed by atoms with Crippen molar-refractivity contribution in [2.75, 3.05) is 0 Å². The molecule has 2 rings (SSSR count). The molecule has 1 atom stereocenters. The Morgan fingerprint density at radius 1 is 1.04 bits per heavy atom. The molecule has 1 N–H and O–H groups in total. The summed E-state index contributed by atoms with van der Waals surface area (Å²) in [6.45, 7) is 4.46. The van der Waals surface area contributed by atoms with Gasteiger partial charge < -0.3 is 9.84 Å². The molecule has 0 unspecified atom stereocenters. The number of hydrogen-bond donors (Lipinski definition) is 1. The Morgan fingerprint density at radius 3 is 2.29 bits per heavy atom. The Balaban J connectivity index is 1.89. The van der Waals surface area contributed by atoms with E-state index >= 15 is 0 Å². The zero-order valence-electron chi connectivity index (χ0n) is 14.4. The number of nitrogens with zero attached hydrogens (tertiary/aromatic N) is 1. The summed E-state index contributed by atoms with van der Waals surface area (Å²) in [4.78, 5) is 0. The normalized spacial score (nSPS) is 13.3. The van der Waals surface area contributed by atoms with Crippen molar-refractivity contribution in [2.45, 2.75) is 45.3 Å². The summed E-state index contributed by atoms with van der Waals surface area (Å²) < 4.78 is 5.78. The summed E-state index contributed by atoms with van der Waals surface area (Å²) in [6.07, 6.45) is 1.50. The van der Waals surface area contributed by atoms with Crippen molar-refractivity contribution in [1.29, 1.82) is 5.26 Å². The van der Waals surface area contributed by atoms with Crippen LogP contribution in [0.15, 0.2) is 54.6 Å². The Morgan fingerprint density at radius 2 is 1.71 bits per heavy atom. The summed E-state index contributed by atoms with van der Waals surface area (Å²) in [5.74, 6) is 0.893. The van der Waals surface area contributed by atoms with Gasteiger partial charge in [-0.05, 0) is 42.0 Å². The van der Waals surface area contributed by atoms with Gasteiger partial charge in [0.05, 0.1) is 18.1 Å². The molecule has 2 aromatic carbocycles. The molecule has 0 bridgehead atoms. The van der Waals surface area contributed by atoms with Crippen molar-refractivity contribution in [3.63, 3.8) is 0 Å². The summed E-state index contributed by atoms with van der Waals surface area (Å²) >= 11 is 0. The third-order valence-corrected chi connectivity index (χ3v) is 4.48. The predicted molar refractivity (Wildman–Crippen MR) is 95.6 cm³/mol. The van der Waals surface area contributed by atoms with Crippen LogP contribution in [0.2, 0.25) is 0 Å². The van der Waals surface area contributed by atoms with Gasteiger partial charge in [0, 0.05) is 0 Å². The van der Waals surface area contributed by atoms with Crippen molar-refractivity contribution in [1.82, 2.24) is 0 Å².